The van der Waals surface area contributed by atoms with E-state index in [9.17, 15) is 9.59 Å². The number of carbonyl (C=O) groups is 2. The number of hydrazine groups is 1. The predicted octanol–water partition coefficient (Wildman–Crippen LogP) is 2.27. The van der Waals surface area contributed by atoms with Crippen LogP contribution in [0, 0.1) is 5.92 Å². The molecule has 8 heteroatoms. The lowest BCUT2D eigenvalue weighted by Crippen LogP contribution is -2.35. The predicted molar refractivity (Wildman–Crippen MR) is 119 cm³/mol. The molecule has 1 unspecified atom stereocenters. The molecule has 0 radical (unpaired) electrons. The lowest BCUT2D eigenvalue weighted by Gasteiger charge is -2.14. The van der Waals surface area contributed by atoms with Crippen molar-refractivity contribution in [3.05, 3.63) is 30.3 Å². The summed E-state index contributed by atoms with van der Waals surface area (Å²) in [7, 11) is 0. The van der Waals surface area contributed by atoms with Gasteiger partial charge in [-0.15, -0.1) is 0 Å². The van der Waals surface area contributed by atoms with E-state index in [4.69, 9.17) is 20.1 Å². The largest absolute Gasteiger partial charge is 0.394 e. The van der Waals surface area contributed by atoms with E-state index in [-0.39, 0.29) is 31.1 Å². The Morgan fingerprint density at radius 1 is 1.03 bits per heavy atom. The van der Waals surface area contributed by atoms with E-state index in [1.807, 2.05) is 39.0 Å². The Morgan fingerprint density at radius 3 is 1.90 bits per heavy atom. The molecule has 0 aromatic heterocycles. The van der Waals surface area contributed by atoms with Gasteiger partial charge in [0.15, 0.2) is 0 Å². The molecule has 1 saturated heterocycles. The number of benzene rings is 1. The molecule has 174 valence electrons. The summed E-state index contributed by atoms with van der Waals surface area (Å²) in [6.45, 7) is 10.9. The van der Waals surface area contributed by atoms with Gasteiger partial charge in [0.2, 0.25) is 0 Å². The third kappa shape index (κ3) is 14.9. The second-order valence-electron chi connectivity index (χ2n) is 6.50. The van der Waals surface area contributed by atoms with Gasteiger partial charge in [-0.3, -0.25) is 15.0 Å². The van der Waals surface area contributed by atoms with Crippen molar-refractivity contribution < 1.29 is 29.6 Å². The van der Waals surface area contributed by atoms with Crippen LogP contribution in [0.15, 0.2) is 30.3 Å². The Hall–Kier alpha value is -2.00. The quantitative estimate of drug-likeness (QED) is 0.495. The number of nitrogens with zero attached hydrogens (tertiary/aromatic N) is 1. The average Bonchev–Trinajstić information content (AvgIpc) is 3.01. The minimum absolute atomic E-state index is 0.125. The van der Waals surface area contributed by atoms with Crippen molar-refractivity contribution in [2.45, 2.75) is 60.0 Å². The van der Waals surface area contributed by atoms with Gasteiger partial charge in [0.1, 0.15) is 5.92 Å². The number of hydrogen-bond donors (Lipinski definition) is 4. The number of unbranched alkanes of at least 4 members (excludes halogenated alkanes) is 1. The van der Waals surface area contributed by atoms with E-state index in [1.165, 1.54) is 5.01 Å². The molecule has 2 rings (SSSR count). The highest BCUT2D eigenvalue weighted by atomic mass is 16.5. The van der Waals surface area contributed by atoms with E-state index in [2.05, 4.69) is 5.43 Å². The zero-order valence-electron chi connectivity index (χ0n) is 19.0. The van der Waals surface area contributed by atoms with Crippen molar-refractivity contribution in [1.29, 1.82) is 0 Å². The van der Waals surface area contributed by atoms with E-state index >= 15 is 0 Å². The fourth-order valence-corrected chi connectivity index (χ4v) is 2.15. The van der Waals surface area contributed by atoms with Crippen molar-refractivity contribution >= 4 is 17.5 Å². The number of ether oxygens (including phenoxy) is 1. The van der Waals surface area contributed by atoms with Crippen molar-refractivity contribution in [2.24, 2.45) is 5.92 Å². The molecule has 30 heavy (non-hydrogen) atoms. The summed E-state index contributed by atoms with van der Waals surface area (Å²) in [6.07, 6.45) is 2.35. The first-order chi connectivity index (χ1) is 14.3. The molecule has 2 amide bonds. The van der Waals surface area contributed by atoms with E-state index < -0.39 is 5.92 Å². The van der Waals surface area contributed by atoms with Gasteiger partial charge in [-0.25, -0.2) is 5.01 Å². The molecular formula is C22H40N2O6. The standard InChI is InChI=1S/C13H16N2O2.C4H10O.C3H8O.C2H6O2/c1-2-3-9-11-12(16)14-15(13(11)17)10-7-5-4-6-8-10;1-3-5-4-2;1-3(2)4;3-1-2-4/h4-8,11H,2-3,9H2,1H3,(H,14,16);3-4H2,1-2H3;3-4H,1-2H3;3-4H,1-2H2. The van der Waals surface area contributed by atoms with Crippen LogP contribution in [0.1, 0.15) is 53.9 Å². The minimum atomic E-state index is -0.518. The highest BCUT2D eigenvalue weighted by Crippen LogP contribution is 2.22. The van der Waals surface area contributed by atoms with Crippen LogP contribution in [0.25, 0.3) is 0 Å². The Morgan fingerprint density at radius 2 is 1.53 bits per heavy atom. The first kappa shape index (κ1) is 30.2. The average molecular weight is 429 g/mol. The fourth-order valence-electron chi connectivity index (χ4n) is 2.15. The first-order valence-electron chi connectivity index (χ1n) is 10.5. The van der Waals surface area contributed by atoms with E-state index in [0.717, 1.165) is 26.1 Å². The van der Waals surface area contributed by atoms with Gasteiger partial charge < -0.3 is 20.1 Å². The molecule has 1 aliphatic rings. The number of anilines is 1. The second-order valence-corrected chi connectivity index (χ2v) is 6.50. The molecule has 1 fully saturated rings. The summed E-state index contributed by atoms with van der Waals surface area (Å²) in [4.78, 5) is 23.8. The van der Waals surface area contributed by atoms with Gasteiger partial charge in [-0.1, -0.05) is 38.0 Å². The van der Waals surface area contributed by atoms with Gasteiger partial charge in [-0.2, -0.15) is 0 Å². The monoisotopic (exact) mass is 428 g/mol. The van der Waals surface area contributed by atoms with Crippen molar-refractivity contribution in [3.63, 3.8) is 0 Å². The molecule has 4 N–H and O–H groups in total. The lowest BCUT2D eigenvalue weighted by molar-refractivity contribution is -0.127. The van der Waals surface area contributed by atoms with Crippen LogP contribution in [-0.2, 0) is 14.3 Å². The molecule has 0 saturated carbocycles. The number of carbonyl (C=O) groups excluding carboxylic acids is 2. The topological polar surface area (TPSA) is 119 Å². The summed E-state index contributed by atoms with van der Waals surface area (Å²) in [5.74, 6) is -0.850. The Bertz CT molecular complexity index is 533. The highest BCUT2D eigenvalue weighted by Gasteiger charge is 2.39. The zero-order valence-corrected chi connectivity index (χ0v) is 19.0. The molecular weight excluding hydrogens is 388 g/mol. The number of para-hydroxylation sites is 1. The molecule has 1 aromatic rings. The van der Waals surface area contributed by atoms with Crippen LogP contribution in [0.4, 0.5) is 5.69 Å². The lowest BCUT2D eigenvalue weighted by atomic mass is 10.0. The van der Waals surface area contributed by atoms with E-state index in [1.54, 1.807) is 26.0 Å². The molecule has 1 heterocycles. The minimum Gasteiger partial charge on any atom is -0.394 e. The molecule has 8 nitrogen and oxygen atoms in total. The maximum absolute atomic E-state index is 12.1. The summed E-state index contributed by atoms with van der Waals surface area (Å²) in [5.41, 5.74) is 3.34. The second kappa shape index (κ2) is 20.3. The number of hydrogen-bond acceptors (Lipinski definition) is 6. The van der Waals surface area contributed by atoms with Crippen LogP contribution in [0.5, 0.6) is 0 Å². The summed E-state index contributed by atoms with van der Waals surface area (Å²) in [5, 5.41) is 24.7. The van der Waals surface area contributed by atoms with Crippen LogP contribution >= 0.6 is 0 Å². The molecule has 0 bridgehead atoms. The summed E-state index contributed by atoms with van der Waals surface area (Å²) >= 11 is 0. The molecule has 1 aliphatic heterocycles. The third-order valence-corrected chi connectivity index (χ3v) is 3.43. The summed E-state index contributed by atoms with van der Waals surface area (Å²) < 4.78 is 4.83. The van der Waals surface area contributed by atoms with Crippen LogP contribution in [-0.4, -0.2) is 59.7 Å². The number of rotatable bonds is 7. The van der Waals surface area contributed by atoms with Crippen molar-refractivity contribution in [1.82, 2.24) is 5.43 Å². The van der Waals surface area contributed by atoms with Gasteiger partial charge in [0, 0.05) is 19.3 Å². The Balaban J connectivity index is 0. The number of aliphatic hydroxyl groups excluding tert-OH is 3. The number of nitrogens with one attached hydrogen (secondary N) is 1. The van der Waals surface area contributed by atoms with E-state index in [0.29, 0.717) is 12.1 Å². The zero-order chi connectivity index (χ0) is 23.4. The third-order valence-electron chi connectivity index (χ3n) is 3.43. The van der Waals surface area contributed by atoms with Gasteiger partial charge in [0.05, 0.1) is 18.9 Å². The molecule has 0 aliphatic carbocycles. The summed E-state index contributed by atoms with van der Waals surface area (Å²) in [6, 6.07) is 9.17. The first-order valence-corrected chi connectivity index (χ1v) is 10.5. The Labute approximate surface area is 180 Å². The smallest absolute Gasteiger partial charge is 0.258 e. The highest BCUT2D eigenvalue weighted by molar-refractivity contribution is 6.14. The fraction of sp³-hybridized carbons (Fsp3) is 0.636. The van der Waals surface area contributed by atoms with Gasteiger partial charge in [-0.05, 0) is 46.2 Å². The molecule has 1 atom stereocenters. The SMILES string of the molecule is CC(C)O.CCCCC1C(=O)NN(c2ccccc2)C1=O.CCOCC.OCCO. The molecule has 0 spiro atoms. The van der Waals surface area contributed by atoms with Crippen LogP contribution < -0.4 is 10.4 Å². The maximum Gasteiger partial charge on any atom is 0.258 e. The van der Waals surface area contributed by atoms with Gasteiger partial charge in [0.25, 0.3) is 11.8 Å². The Kier molecular flexibility index (Phi) is 20.4. The normalized spacial score (nSPS) is 14.7. The molecule has 1 aromatic carbocycles. The van der Waals surface area contributed by atoms with Crippen LogP contribution in [0.3, 0.4) is 0 Å². The van der Waals surface area contributed by atoms with Crippen LogP contribution in [0.2, 0.25) is 0 Å². The number of aliphatic hydroxyl groups is 3. The van der Waals surface area contributed by atoms with Crippen molar-refractivity contribution in [3.8, 4) is 0 Å². The van der Waals surface area contributed by atoms with Gasteiger partial charge >= 0.3 is 0 Å². The number of amides is 2. The maximum atomic E-state index is 12.1. The van der Waals surface area contributed by atoms with Crippen molar-refractivity contribution in [2.75, 3.05) is 31.4 Å².